The minimum Gasteiger partial charge on any atom is -0.495 e. The van der Waals surface area contributed by atoms with Gasteiger partial charge in [-0.1, -0.05) is 24.3 Å². The van der Waals surface area contributed by atoms with Crippen molar-refractivity contribution in [3.63, 3.8) is 0 Å². The van der Waals surface area contributed by atoms with Crippen molar-refractivity contribution < 1.29 is 19.1 Å². The summed E-state index contributed by atoms with van der Waals surface area (Å²) in [5.74, 6) is 0.559. The molecule has 0 bridgehead atoms. The van der Waals surface area contributed by atoms with Crippen LogP contribution in [0.25, 0.3) is 6.08 Å². The lowest BCUT2D eigenvalue weighted by atomic mass is 10.2. The monoisotopic (exact) mass is 368 g/mol. The SMILES string of the molecule is CCOc1ccccc1/C=C/C(=O)NCC(=O)Nc1cc(C)ccc1OC. The van der Waals surface area contributed by atoms with Crippen LogP contribution in [0.2, 0.25) is 0 Å². The van der Waals surface area contributed by atoms with Crippen LogP contribution in [-0.4, -0.2) is 32.1 Å². The molecule has 0 aromatic heterocycles. The normalized spacial score (nSPS) is 10.5. The Bertz CT molecular complexity index is 831. The van der Waals surface area contributed by atoms with E-state index in [1.807, 2.05) is 50.2 Å². The van der Waals surface area contributed by atoms with Gasteiger partial charge in [0.15, 0.2) is 0 Å². The van der Waals surface area contributed by atoms with E-state index in [0.717, 1.165) is 11.1 Å². The number of benzene rings is 2. The van der Waals surface area contributed by atoms with Crippen molar-refractivity contribution in [2.45, 2.75) is 13.8 Å². The third-order valence-corrected chi connectivity index (χ3v) is 3.69. The molecule has 0 saturated heterocycles. The summed E-state index contributed by atoms with van der Waals surface area (Å²) in [6, 6.07) is 12.9. The van der Waals surface area contributed by atoms with E-state index in [0.29, 0.717) is 23.8 Å². The summed E-state index contributed by atoms with van der Waals surface area (Å²) in [4.78, 5) is 24.1. The summed E-state index contributed by atoms with van der Waals surface area (Å²) in [6.45, 7) is 4.21. The third kappa shape index (κ3) is 6.18. The Labute approximate surface area is 159 Å². The van der Waals surface area contributed by atoms with Crippen molar-refractivity contribution in [1.29, 1.82) is 0 Å². The molecule has 0 aliphatic rings. The van der Waals surface area contributed by atoms with E-state index in [2.05, 4.69) is 10.6 Å². The van der Waals surface area contributed by atoms with Crippen LogP contribution >= 0.6 is 0 Å². The quantitative estimate of drug-likeness (QED) is 0.702. The number of hydrogen-bond donors (Lipinski definition) is 2. The highest BCUT2D eigenvalue weighted by Gasteiger charge is 2.09. The lowest BCUT2D eigenvalue weighted by Crippen LogP contribution is -2.31. The maximum Gasteiger partial charge on any atom is 0.244 e. The van der Waals surface area contributed by atoms with E-state index in [1.165, 1.54) is 13.2 Å². The van der Waals surface area contributed by atoms with Crippen molar-refractivity contribution in [1.82, 2.24) is 5.32 Å². The van der Waals surface area contributed by atoms with E-state index >= 15 is 0 Å². The van der Waals surface area contributed by atoms with Crippen LogP contribution in [0.4, 0.5) is 5.69 Å². The highest BCUT2D eigenvalue weighted by molar-refractivity contribution is 5.98. The summed E-state index contributed by atoms with van der Waals surface area (Å²) in [5.41, 5.74) is 2.35. The number of ether oxygens (including phenoxy) is 2. The summed E-state index contributed by atoms with van der Waals surface area (Å²) < 4.78 is 10.7. The molecule has 142 valence electrons. The lowest BCUT2D eigenvalue weighted by molar-refractivity contribution is -0.121. The van der Waals surface area contributed by atoms with Crippen molar-refractivity contribution in [3.8, 4) is 11.5 Å². The van der Waals surface area contributed by atoms with Crippen molar-refractivity contribution in [3.05, 3.63) is 59.7 Å². The molecule has 0 aliphatic carbocycles. The van der Waals surface area contributed by atoms with Gasteiger partial charge in [-0.05, 0) is 43.7 Å². The number of anilines is 1. The second kappa shape index (κ2) is 10.0. The van der Waals surface area contributed by atoms with Crippen LogP contribution in [-0.2, 0) is 9.59 Å². The summed E-state index contributed by atoms with van der Waals surface area (Å²) in [5, 5.41) is 5.29. The van der Waals surface area contributed by atoms with Crippen LogP contribution in [0.1, 0.15) is 18.1 Å². The van der Waals surface area contributed by atoms with Gasteiger partial charge in [0, 0.05) is 11.6 Å². The number of hydrogen-bond acceptors (Lipinski definition) is 4. The Balaban J connectivity index is 1.90. The number of aryl methyl sites for hydroxylation is 1. The molecule has 2 N–H and O–H groups in total. The molecule has 2 rings (SSSR count). The lowest BCUT2D eigenvalue weighted by Gasteiger charge is -2.11. The molecule has 0 atom stereocenters. The molecule has 0 radical (unpaired) electrons. The fraction of sp³-hybridized carbons (Fsp3) is 0.238. The molecular formula is C21H24N2O4. The molecular weight excluding hydrogens is 344 g/mol. The van der Waals surface area contributed by atoms with Gasteiger partial charge in [0.05, 0.1) is 25.9 Å². The first-order chi connectivity index (χ1) is 13.0. The second-order valence-corrected chi connectivity index (χ2v) is 5.77. The zero-order chi connectivity index (χ0) is 19.6. The molecule has 2 aromatic rings. The van der Waals surface area contributed by atoms with Crippen LogP contribution in [0.3, 0.4) is 0 Å². The molecule has 0 saturated carbocycles. The highest BCUT2D eigenvalue weighted by atomic mass is 16.5. The molecule has 27 heavy (non-hydrogen) atoms. The molecule has 0 aliphatic heterocycles. The van der Waals surface area contributed by atoms with E-state index in [1.54, 1.807) is 12.1 Å². The Morgan fingerprint density at radius 1 is 1.11 bits per heavy atom. The predicted molar refractivity (Wildman–Crippen MR) is 106 cm³/mol. The van der Waals surface area contributed by atoms with Crippen LogP contribution < -0.4 is 20.1 Å². The van der Waals surface area contributed by atoms with Gasteiger partial charge < -0.3 is 20.1 Å². The number of methoxy groups -OCH3 is 1. The summed E-state index contributed by atoms with van der Waals surface area (Å²) >= 11 is 0. The summed E-state index contributed by atoms with van der Waals surface area (Å²) in [6.07, 6.45) is 3.03. The van der Waals surface area contributed by atoms with Gasteiger partial charge in [-0.2, -0.15) is 0 Å². The van der Waals surface area contributed by atoms with Crippen LogP contribution in [0.15, 0.2) is 48.5 Å². The zero-order valence-electron chi connectivity index (χ0n) is 15.7. The Morgan fingerprint density at radius 3 is 2.63 bits per heavy atom. The van der Waals surface area contributed by atoms with E-state index in [4.69, 9.17) is 9.47 Å². The molecule has 2 amide bonds. The largest absolute Gasteiger partial charge is 0.495 e. The fourth-order valence-corrected chi connectivity index (χ4v) is 2.41. The molecule has 0 unspecified atom stereocenters. The zero-order valence-corrected chi connectivity index (χ0v) is 15.7. The van der Waals surface area contributed by atoms with Gasteiger partial charge in [0.2, 0.25) is 11.8 Å². The van der Waals surface area contributed by atoms with E-state index in [-0.39, 0.29) is 18.4 Å². The molecule has 6 nitrogen and oxygen atoms in total. The Kier molecular flexibility index (Phi) is 7.43. The predicted octanol–water partition coefficient (Wildman–Crippen LogP) is 3.17. The Hall–Kier alpha value is -3.28. The molecule has 0 spiro atoms. The Morgan fingerprint density at radius 2 is 1.89 bits per heavy atom. The van der Waals surface area contributed by atoms with Gasteiger partial charge in [0.1, 0.15) is 11.5 Å². The first-order valence-corrected chi connectivity index (χ1v) is 8.65. The van der Waals surface area contributed by atoms with Crippen LogP contribution in [0.5, 0.6) is 11.5 Å². The minimum absolute atomic E-state index is 0.145. The highest BCUT2D eigenvalue weighted by Crippen LogP contribution is 2.25. The molecule has 0 fully saturated rings. The first kappa shape index (κ1) is 20.0. The van der Waals surface area contributed by atoms with Gasteiger partial charge in [0.25, 0.3) is 0 Å². The van der Waals surface area contributed by atoms with Crippen molar-refractivity contribution in [2.24, 2.45) is 0 Å². The maximum atomic E-state index is 12.1. The minimum atomic E-state index is -0.368. The number of amides is 2. The van der Waals surface area contributed by atoms with Crippen LogP contribution in [0, 0.1) is 6.92 Å². The summed E-state index contributed by atoms with van der Waals surface area (Å²) in [7, 11) is 1.53. The topological polar surface area (TPSA) is 76.7 Å². The number of para-hydroxylation sites is 1. The number of carbonyl (C=O) groups is 2. The molecule has 0 heterocycles. The second-order valence-electron chi connectivity index (χ2n) is 5.77. The van der Waals surface area contributed by atoms with Gasteiger partial charge in [-0.3, -0.25) is 9.59 Å². The van der Waals surface area contributed by atoms with Gasteiger partial charge >= 0.3 is 0 Å². The first-order valence-electron chi connectivity index (χ1n) is 8.65. The fourth-order valence-electron chi connectivity index (χ4n) is 2.41. The average Bonchev–Trinajstić information content (AvgIpc) is 2.66. The van der Waals surface area contributed by atoms with Crippen molar-refractivity contribution >= 4 is 23.6 Å². The smallest absolute Gasteiger partial charge is 0.244 e. The average molecular weight is 368 g/mol. The van der Waals surface area contributed by atoms with Crippen molar-refractivity contribution in [2.75, 3.05) is 25.6 Å². The van der Waals surface area contributed by atoms with Gasteiger partial charge in [-0.25, -0.2) is 0 Å². The standard InChI is InChI=1S/C21H24N2O4/c1-4-27-18-8-6-5-7-16(18)10-12-20(24)22-14-21(25)23-17-13-15(2)9-11-19(17)26-3/h5-13H,4,14H2,1-3H3,(H,22,24)(H,23,25)/b12-10+. The van der Waals surface area contributed by atoms with Gasteiger partial charge in [-0.15, -0.1) is 0 Å². The van der Waals surface area contributed by atoms with E-state index < -0.39 is 0 Å². The molecule has 2 aromatic carbocycles. The number of nitrogens with one attached hydrogen (secondary N) is 2. The maximum absolute atomic E-state index is 12.1. The number of carbonyl (C=O) groups excluding carboxylic acids is 2. The number of rotatable bonds is 8. The molecule has 6 heteroatoms. The third-order valence-electron chi connectivity index (χ3n) is 3.69. The van der Waals surface area contributed by atoms with E-state index in [9.17, 15) is 9.59 Å².